The molecule has 0 atom stereocenters. The minimum absolute atomic E-state index is 0.472. The maximum absolute atomic E-state index is 13.3. The molecule has 0 aromatic heterocycles. The maximum Gasteiger partial charge on any atom is 0.281 e. The highest BCUT2D eigenvalue weighted by atomic mass is 16.3. The third kappa shape index (κ3) is 3.77. The van der Waals surface area contributed by atoms with Crippen LogP contribution in [-0.4, -0.2) is 17.2 Å². The largest absolute Gasteiger partial charge is 0.372 e. The Labute approximate surface area is 191 Å². The molecule has 0 spiro atoms. The summed E-state index contributed by atoms with van der Waals surface area (Å²) in [7, 11) is 0. The van der Waals surface area contributed by atoms with Crippen LogP contribution in [0.25, 0.3) is 21.5 Å². The zero-order valence-corrected chi connectivity index (χ0v) is 17.8. The van der Waals surface area contributed by atoms with Gasteiger partial charge < -0.3 is 5.11 Å². The van der Waals surface area contributed by atoms with Gasteiger partial charge in [-0.25, -0.2) is 5.43 Å². The number of nitrogens with zero attached hydrogens (tertiary/aromatic N) is 1. The molecular formula is C29H22N2O2. The van der Waals surface area contributed by atoms with Gasteiger partial charge in [-0.3, -0.25) is 4.79 Å². The second-order valence-corrected chi connectivity index (χ2v) is 7.87. The maximum atomic E-state index is 13.3. The van der Waals surface area contributed by atoms with Crippen LogP contribution >= 0.6 is 0 Å². The molecule has 5 rings (SSSR count). The Morgan fingerprint density at radius 1 is 0.697 bits per heavy atom. The highest BCUT2D eigenvalue weighted by molar-refractivity contribution is 6.13. The van der Waals surface area contributed by atoms with E-state index >= 15 is 0 Å². The molecule has 0 saturated carbocycles. The Morgan fingerprint density at radius 3 is 1.67 bits per heavy atom. The zero-order valence-electron chi connectivity index (χ0n) is 17.8. The fourth-order valence-electron chi connectivity index (χ4n) is 4.21. The van der Waals surface area contributed by atoms with Gasteiger partial charge in [0.25, 0.3) is 5.91 Å². The standard InChI is InChI=1S/C29H22N2O2/c32-28(29(33,23-13-3-1-4-14-23)24-15-5-2-6-16-24)31-30-20-27-25-17-9-7-11-21(25)19-22-12-8-10-18-26(22)27/h1-20,33H,(H,31,32). The lowest BCUT2D eigenvalue weighted by atomic mass is 9.85. The topological polar surface area (TPSA) is 61.7 Å². The summed E-state index contributed by atoms with van der Waals surface area (Å²) in [5, 5.41) is 20.1. The van der Waals surface area contributed by atoms with E-state index in [0.29, 0.717) is 11.1 Å². The normalized spacial score (nSPS) is 11.8. The summed E-state index contributed by atoms with van der Waals surface area (Å²) in [5.41, 5.74) is 2.56. The van der Waals surface area contributed by atoms with Gasteiger partial charge in [-0.1, -0.05) is 109 Å². The summed E-state index contributed by atoms with van der Waals surface area (Å²) in [5.74, 6) is -0.624. The third-order valence-corrected chi connectivity index (χ3v) is 5.88. The van der Waals surface area contributed by atoms with Crippen LogP contribution in [0.2, 0.25) is 0 Å². The lowest BCUT2D eigenvalue weighted by molar-refractivity contribution is -0.136. The second kappa shape index (κ2) is 8.69. The molecule has 4 heteroatoms. The SMILES string of the molecule is O=C(NN=Cc1c2ccccc2cc2ccccc12)C(O)(c1ccccc1)c1ccccc1. The van der Waals surface area contributed by atoms with Gasteiger partial charge >= 0.3 is 0 Å². The molecule has 0 aliphatic rings. The molecule has 33 heavy (non-hydrogen) atoms. The summed E-state index contributed by atoms with van der Waals surface area (Å²) in [6, 6.07) is 36.1. The summed E-state index contributed by atoms with van der Waals surface area (Å²) in [6.07, 6.45) is 1.65. The van der Waals surface area contributed by atoms with Gasteiger partial charge in [0.15, 0.2) is 5.60 Å². The fourth-order valence-corrected chi connectivity index (χ4v) is 4.21. The molecule has 0 radical (unpaired) electrons. The van der Waals surface area contributed by atoms with Crippen molar-refractivity contribution in [2.24, 2.45) is 5.10 Å². The Morgan fingerprint density at radius 2 is 1.15 bits per heavy atom. The molecule has 0 aliphatic carbocycles. The quantitative estimate of drug-likeness (QED) is 0.223. The molecule has 1 amide bonds. The van der Waals surface area contributed by atoms with Gasteiger partial charge in [-0.15, -0.1) is 0 Å². The Hall–Kier alpha value is -4.28. The Kier molecular flexibility index (Phi) is 5.43. The Balaban J connectivity index is 1.54. The second-order valence-electron chi connectivity index (χ2n) is 7.87. The van der Waals surface area contributed by atoms with E-state index in [1.807, 2.05) is 48.5 Å². The smallest absolute Gasteiger partial charge is 0.281 e. The van der Waals surface area contributed by atoms with Crippen LogP contribution in [0.4, 0.5) is 0 Å². The van der Waals surface area contributed by atoms with Crippen molar-refractivity contribution in [2.45, 2.75) is 5.60 Å². The third-order valence-electron chi connectivity index (χ3n) is 5.88. The number of benzene rings is 5. The van der Waals surface area contributed by atoms with Crippen molar-refractivity contribution in [3.63, 3.8) is 0 Å². The monoisotopic (exact) mass is 430 g/mol. The number of fused-ring (bicyclic) bond motifs is 2. The van der Waals surface area contributed by atoms with Crippen molar-refractivity contribution in [3.05, 3.63) is 132 Å². The number of nitrogens with one attached hydrogen (secondary N) is 1. The number of hydrogen-bond donors (Lipinski definition) is 2. The molecule has 0 aliphatic heterocycles. The van der Waals surface area contributed by atoms with Crippen molar-refractivity contribution in [1.29, 1.82) is 0 Å². The number of carbonyl (C=O) groups excluding carboxylic acids is 1. The number of rotatable bonds is 5. The summed E-state index contributed by atoms with van der Waals surface area (Å²) < 4.78 is 0. The molecular weight excluding hydrogens is 408 g/mol. The molecule has 0 fully saturated rings. The number of hydrogen-bond acceptors (Lipinski definition) is 3. The summed E-state index contributed by atoms with van der Waals surface area (Å²) in [6.45, 7) is 0. The lowest BCUT2D eigenvalue weighted by Gasteiger charge is -2.27. The van der Waals surface area contributed by atoms with Gasteiger partial charge in [0.1, 0.15) is 0 Å². The van der Waals surface area contributed by atoms with E-state index < -0.39 is 11.5 Å². The van der Waals surface area contributed by atoms with Gasteiger partial charge in [0.2, 0.25) is 0 Å². The molecule has 160 valence electrons. The first-order valence-corrected chi connectivity index (χ1v) is 10.8. The average Bonchev–Trinajstić information content (AvgIpc) is 2.88. The first kappa shape index (κ1) is 20.6. The molecule has 2 N–H and O–H groups in total. The predicted octanol–water partition coefficient (Wildman–Crippen LogP) is 5.38. The van der Waals surface area contributed by atoms with Gasteiger partial charge in [0, 0.05) is 5.56 Å². The molecule has 0 heterocycles. The van der Waals surface area contributed by atoms with E-state index in [2.05, 4.69) is 28.7 Å². The van der Waals surface area contributed by atoms with E-state index in [1.54, 1.807) is 54.7 Å². The number of aliphatic hydroxyl groups is 1. The van der Waals surface area contributed by atoms with E-state index in [9.17, 15) is 9.90 Å². The molecule has 5 aromatic rings. The molecule has 4 nitrogen and oxygen atoms in total. The van der Waals surface area contributed by atoms with Crippen molar-refractivity contribution in [1.82, 2.24) is 5.43 Å². The number of amides is 1. The molecule has 5 aromatic carbocycles. The van der Waals surface area contributed by atoms with E-state index in [-0.39, 0.29) is 0 Å². The minimum Gasteiger partial charge on any atom is -0.372 e. The van der Waals surface area contributed by atoms with Crippen molar-refractivity contribution >= 4 is 33.7 Å². The number of hydrazone groups is 1. The van der Waals surface area contributed by atoms with Crippen molar-refractivity contribution in [3.8, 4) is 0 Å². The van der Waals surface area contributed by atoms with Crippen LogP contribution in [0, 0.1) is 0 Å². The summed E-state index contributed by atoms with van der Waals surface area (Å²) >= 11 is 0. The van der Waals surface area contributed by atoms with E-state index in [0.717, 1.165) is 27.1 Å². The van der Waals surface area contributed by atoms with Crippen LogP contribution in [0.15, 0.2) is 120 Å². The first-order valence-electron chi connectivity index (χ1n) is 10.8. The highest BCUT2D eigenvalue weighted by Gasteiger charge is 2.39. The van der Waals surface area contributed by atoms with Crippen LogP contribution in [0.3, 0.4) is 0 Å². The lowest BCUT2D eigenvalue weighted by Crippen LogP contribution is -2.43. The average molecular weight is 431 g/mol. The zero-order chi connectivity index (χ0) is 22.7. The highest BCUT2D eigenvalue weighted by Crippen LogP contribution is 2.30. The predicted molar refractivity (Wildman–Crippen MR) is 133 cm³/mol. The van der Waals surface area contributed by atoms with Crippen LogP contribution in [0.1, 0.15) is 16.7 Å². The van der Waals surface area contributed by atoms with Gasteiger partial charge in [-0.2, -0.15) is 5.10 Å². The summed E-state index contributed by atoms with van der Waals surface area (Å²) in [4.78, 5) is 13.3. The van der Waals surface area contributed by atoms with Crippen molar-refractivity contribution < 1.29 is 9.90 Å². The first-order chi connectivity index (χ1) is 16.2. The van der Waals surface area contributed by atoms with Crippen molar-refractivity contribution in [2.75, 3.05) is 0 Å². The fraction of sp³-hybridized carbons (Fsp3) is 0.0345. The molecule has 0 bridgehead atoms. The number of carbonyl (C=O) groups is 1. The minimum atomic E-state index is -1.87. The van der Waals surface area contributed by atoms with Gasteiger partial charge in [-0.05, 0) is 38.7 Å². The van der Waals surface area contributed by atoms with E-state index in [4.69, 9.17) is 0 Å². The van der Waals surface area contributed by atoms with Crippen LogP contribution < -0.4 is 5.43 Å². The van der Waals surface area contributed by atoms with Gasteiger partial charge in [0.05, 0.1) is 6.21 Å². The Bertz CT molecular complexity index is 1370. The van der Waals surface area contributed by atoms with E-state index in [1.165, 1.54) is 0 Å². The molecule has 0 saturated heterocycles. The van der Waals surface area contributed by atoms with Crippen LogP contribution in [0.5, 0.6) is 0 Å². The van der Waals surface area contributed by atoms with Crippen LogP contribution in [-0.2, 0) is 10.4 Å². The molecule has 0 unspecified atom stereocenters.